The van der Waals surface area contributed by atoms with E-state index in [0.29, 0.717) is 19.8 Å². The number of rotatable bonds is 3. The van der Waals surface area contributed by atoms with Crippen molar-refractivity contribution >= 4 is 16.7 Å². The molecule has 0 aromatic heterocycles. The minimum absolute atomic E-state index is 0.0117. The summed E-state index contributed by atoms with van der Waals surface area (Å²) in [6.07, 6.45) is 2.04. The third-order valence-corrected chi connectivity index (χ3v) is 5.20. The van der Waals surface area contributed by atoms with Gasteiger partial charge in [-0.1, -0.05) is 36.4 Å². The number of fused-ring (bicyclic) bond motifs is 2. The standard InChI is InChI=1S/C20H23NO3/c1-2-23-18-11-10-17-19(18)24-13-12-21(17)20(22)16-9-5-7-14-6-3-4-8-15(14)16/h3-9,17-19H,2,10-13H2,1H3/t17-,18+,19+/m0/s1. The van der Waals surface area contributed by atoms with Crippen molar-refractivity contribution in [2.45, 2.75) is 38.0 Å². The van der Waals surface area contributed by atoms with Crippen LogP contribution in [-0.4, -0.2) is 48.8 Å². The molecule has 3 atom stereocenters. The highest BCUT2D eigenvalue weighted by Gasteiger charge is 2.45. The maximum atomic E-state index is 13.3. The molecule has 0 N–H and O–H groups in total. The summed E-state index contributed by atoms with van der Waals surface area (Å²) in [5.41, 5.74) is 0.786. The summed E-state index contributed by atoms with van der Waals surface area (Å²) in [5.74, 6) is 0.113. The van der Waals surface area contributed by atoms with E-state index in [9.17, 15) is 4.79 Å². The van der Waals surface area contributed by atoms with Crippen molar-refractivity contribution in [1.82, 2.24) is 4.90 Å². The van der Waals surface area contributed by atoms with E-state index in [1.165, 1.54) is 0 Å². The Morgan fingerprint density at radius 3 is 2.92 bits per heavy atom. The van der Waals surface area contributed by atoms with E-state index in [-0.39, 0.29) is 24.2 Å². The van der Waals surface area contributed by atoms with Crippen LogP contribution in [-0.2, 0) is 9.47 Å². The van der Waals surface area contributed by atoms with Crippen molar-refractivity contribution in [2.24, 2.45) is 0 Å². The molecular formula is C20H23NO3. The van der Waals surface area contributed by atoms with Crippen molar-refractivity contribution in [3.05, 3.63) is 48.0 Å². The van der Waals surface area contributed by atoms with E-state index in [1.807, 2.05) is 42.2 Å². The first-order chi connectivity index (χ1) is 11.8. The molecule has 1 amide bonds. The Morgan fingerprint density at radius 1 is 1.21 bits per heavy atom. The molecule has 0 radical (unpaired) electrons. The summed E-state index contributed by atoms with van der Waals surface area (Å²) in [5, 5.41) is 2.12. The summed E-state index contributed by atoms with van der Waals surface area (Å²) >= 11 is 0. The van der Waals surface area contributed by atoms with E-state index in [4.69, 9.17) is 9.47 Å². The van der Waals surface area contributed by atoms with E-state index < -0.39 is 0 Å². The number of hydrogen-bond donors (Lipinski definition) is 0. The van der Waals surface area contributed by atoms with Gasteiger partial charge in [0.05, 0.1) is 18.8 Å². The molecule has 2 aliphatic rings. The lowest BCUT2D eigenvalue weighted by atomic mass is 10.0. The van der Waals surface area contributed by atoms with Gasteiger partial charge in [-0.05, 0) is 36.6 Å². The van der Waals surface area contributed by atoms with Crippen LogP contribution in [0.2, 0.25) is 0 Å². The highest BCUT2D eigenvalue weighted by molar-refractivity contribution is 6.07. The van der Waals surface area contributed by atoms with Crippen LogP contribution in [0.25, 0.3) is 10.8 Å². The Hall–Kier alpha value is -1.91. The molecule has 1 aliphatic heterocycles. The van der Waals surface area contributed by atoms with Crippen molar-refractivity contribution in [3.8, 4) is 0 Å². The molecular weight excluding hydrogens is 302 g/mol. The molecule has 1 saturated carbocycles. The molecule has 2 aromatic carbocycles. The first-order valence-corrected chi connectivity index (χ1v) is 8.81. The average Bonchev–Trinajstić information content (AvgIpc) is 3.04. The molecule has 1 heterocycles. The maximum absolute atomic E-state index is 13.3. The fourth-order valence-electron chi connectivity index (χ4n) is 4.13. The van der Waals surface area contributed by atoms with Crippen molar-refractivity contribution < 1.29 is 14.3 Å². The molecule has 4 rings (SSSR count). The third kappa shape index (κ3) is 2.60. The van der Waals surface area contributed by atoms with E-state index in [2.05, 4.69) is 12.1 Å². The first kappa shape index (κ1) is 15.6. The fourth-order valence-corrected chi connectivity index (χ4v) is 4.13. The van der Waals surface area contributed by atoms with Gasteiger partial charge in [-0.15, -0.1) is 0 Å². The molecule has 2 fully saturated rings. The maximum Gasteiger partial charge on any atom is 0.254 e. The zero-order valence-electron chi connectivity index (χ0n) is 14.0. The molecule has 4 heteroatoms. The van der Waals surface area contributed by atoms with Crippen LogP contribution >= 0.6 is 0 Å². The second-order valence-electron chi connectivity index (χ2n) is 6.50. The Bertz CT molecular complexity index is 739. The van der Waals surface area contributed by atoms with E-state index in [1.54, 1.807) is 0 Å². The summed E-state index contributed by atoms with van der Waals surface area (Å²) in [6.45, 7) is 3.94. The minimum atomic E-state index is 0.0117. The summed E-state index contributed by atoms with van der Waals surface area (Å²) in [4.78, 5) is 15.3. The smallest absolute Gasteiger partial charge is 0.254 e. The quantitative estimate of drug-likeness (QED) is 0.869. The molecule has 0 bridgehead atoms. The van der Waals surface area contributed by atoms with Crippen LogP contribution in [0.5, 0.6) is 0 Å². The van der Waals surface area contributed by atoms with Crippen LogP contribution in [0.15, 0.2) is 42.5 Å². The second kappa shape index (κ2) is 6.54. The molecule has 0 spiro atoms. The lowest BCUT2D eigenvalue weighted by Gasteiger charge is -2.39. The van der Waals surface area contributed by atoms with Crippen molar-refractivity contribution in [2.75, 3.05) is 19.8 Å². The van der Waals surface area contributed by atoms with Gasteiger partial charge in [0.1, 0.15) is 6.10 Å². The summed E-state index contributed by atoms with van der Waals surface area (Å²) in [6, 6.07) is 14.1. The van der Waals surface area contributed by atoms with Crippen LogP contribution in [0.1, 0.15) is 30.1 Å². The second-order valence-corrected chi connectivity index (χ2v) is 6.50. The van der Waals surface area contributed by atoms with Crippen LogP contribution in [0, 0.1) is 0 Å². The third-order valence-electron chi connectivity index (χ3n) is 5.20. The lowest BCUT2D eigenvalue weighted by Crippen LogP contribution is -2.53. The van der Waals surface area contributed by atoms with E-state index in [0.717, 1.165) is 29.2 Å². The van der Waals surface area contributed by atoms with Gasteiger partial charge >= 0.3 is 0 Å². The van der Waals surface area contributed by atoms with Crippen molar-refractivity contribution in [3.63, 3.8) is 0 Å². The lowest BCUT2D eigenvalue weighted by molar-refractivity contribution is -0.102. The summed E-state index contributed by atoms with van der Waals surface area (Å²) in [7, 11) is 0. The number of carbonyl (C=O) groups excluding carboxylic acids is 1. The Labute approximate surface area is 142 Å². The zero-order valence-corrected chi connectivity index (χ0v) is 14.0. The monoisotopic (exact) mass is 325 g/mol. The normalized spacial score (nSPS) is 26.5. The number of carbonyl (C=O) groups is 1. The number of benzene rings is 2. The molecule has 2 aromatic rings. The molecule has 24 heavy (non-hydrogen) atoms. The molecule has 126 valence electrons. The number of nitrogens with zero attached hydrogens (tertiary/aromatic N) is 1. The minimum Gasteiger partial charge on any atom is -0.376 e. The average molecular weight is 325 g/mol. The predicted molar refractivity (Wildman–Crippen MR) is 93.2 cm³/mol. The molecule has 1 aliphatic carbocycles. The number of hydrogen-bond acceptors (Lipinski definition) is 3. The topological polar surface area (TPSA) is 38.8 Å². The van der Waals surface area contributed by atoms with Gasteiger partial charge in [0.25, 0.3) is 5.91 Å². The number of morpholine rings is 1. The van der Waals surface area contributed by atoms with Gasteiger partial charge in [0.15, 0.2) is 0 Å². The first-order valence-electron chi connectivity index (χ1n) is 8.81. The largest absolute Gasteiger partial charge is 0.376 e. The fraction of sp³-hybridized carbons (Fsp3) is 0.450. The molecule has 1 saturated heterocycles. The van der Waals surface area contributed by atoms with Gasteiger partial charge in [-0.3, -0.25) is 4.79 Å². The number of amides is 1. The SMILES string of the molecule is CCO[C@@H]1CC[C@H]2[C@H]1OCCN2C(=O)c1cccc2ccccc12. The van der Waals surface area contributed by atoms with Crippen LogP contribution in [0.4, 0.5) is 0 Å². The Kier molecular flexibility index (Phi) is 4.25. The summed E-state index contributed by atoms with van der Waals surface area (Å²) < 4.78 is 11.8. The molecule has 4 nitrogen and oxygen atoms in total. The highest BCUT2D eigenvalue weighted by atomic mass is 16.5. The highest BCUT2D eigenvalue weighted by Crippen LogP contribution is 2.33. The molecule has 0 unspecified atom stereocenters. The van der Waals surface area contributed by atoms with Crippen molar-refractivity contribution in [1.29, 1.82) is 0 Å². The van der Waals surface area contributed by atoms with Gasteiger partial charge in [0, 0.05) is 18.7 Å². The Balaban J connectivity index is 1.64. The predicted octanol–water partition coefficient (Wildman–Crippen LogP) is 3.25. The zero-order chi connectivity index (χ0) is 16.5. The van der Waals surface area contributed by atoms with Crippen LogP contribution < -0.4 is 0 Å². The van der Waals surface area contributed by atoms with E-state index >= 15 is 0 Å². The van der Waals surface area contributed by atoms with Gasteiger partial charge < -0.3 is 14.4 Å². The van der Waals surface area contributed by atoms with Gasteiger partial charge in [0.2, 0.25) is 0 Å². The van der Waals surface area contributed by atoms with Gasteiger partial charge in [-0.25, -0.2) is 0 Å². The number of ether oxygens (including phenoxy) is 2. The van der Waals surface area contributed by atoms with Crippen LogP contribution in [0.3, 0.4) is 0 Å². The Morgan fingerprint density at radius 2 is 2.04 bits per heavy atom. The van der Waals surface area contributed by atoms with Gasteiger partial charge in [-0.2, -0.15) is 0 Å².